The SMILES string of the molecule is CCCCCCCC/C=C/CCCCCCCCCCCCOC(=O)[C@@H](N)C(C)C.CCS(=O)(=O)O. The number of nitrogens with two attached hydrogens (primary N) is 1. The molecule has 0 spiro atoms. The lowest BCUT2D eigenvalue weighted by Gasteiger charge is -2.14. The number of rotatable bonds is 23. The highest BCUT2D eigenvalue weighted by Gasteiger charge is 2.18. The van der Waals surface area contributed by atoms with Gasteiger partial charge in [0.25, 0.3) is 10.1 Å². The third-order valence-corrected chi connectivity index (χ3v) is 6.99. The molecule has 0 heterocycles. The van der Waals surface area contributed by atoms with Gasteiger partial charge in [-0.05, 0) is 44.9 Å². The van der Waals surface area contributed by atoms with Crippen LogP contribution in [0.1, 0.15) is 143 Å². The Kier molecular flexibility index (Phi) is 28.1. The van der Waals surface area contributed by atoms with Gasteiger partial charge in [-0.1, -0.05) is 116 Å². The van der Waals surface area contributed by atoms with Crippen LogP contribution in [-0.2, 0) is 19.6 Å². The van der Waals surface area contributed by atoms with E-state index in [9.17, 15) is 13.2 Å². The number of carbonyl (C=O) groups is 1. The molecule has 0 bridgehead atoms. The topological polar surface area (TPSA) is 107 Å². The second-order valence-corrected chi connectivity index (χ2v) is 11.9. The molecule has 6 nitrogen and oxygen atoms in total. The van der Waals surface area contributed by atoms with Gasteiger partial charge in [0, 0.05) is 0 Å². The molecule has 0 amide bonds. The van der Waals surface area contributed by atoms with Gasteiger partial charge < -0.3 is 10.5 Å². The van der Waals surface area contributed by atoms with Crippen LogP contribution in [-0.4, -0.2) is 37.3 Å². The van der Waals surface area contributed by atoms with E-state index in [4.69, 9.17) is 15.0 Å². The summed E-state index contributed by atoms with van der Waals surface area (Å²) in [5.74, 6) is -0.310. The van der Waals surface area contributed by atoms with Crippen LogP contribution >= 0.6 is 0 Å². The summed E-state index contributed by atoms with van der Waals surface area (Å²) in [4.78, 5) is 11.6. The van der Waals surface area contributed by atoms with Gasteiger partial charge >= 0.3 is 5.97 Å². The number of ether oxygens (including phenoxy) is 1. The van der Waals surface area contributed by atoms with Crippen molar-refractivity contribution in [3.63, 3.8) is 0 Å². The first-order chi connectivity index (χ1) is 17.2. The first-order valence-corrected chi connectivity index (χ1v) is 16.3. The molecule has 36 heavy (non-hydrogen) atoms. The largest absolute Gasteiger partial charge is 0.465 e. The molecule has 0 aliphatic rings. The van der Waals surface area contributed by atoms with Crippen LogP contribution in [0.25, 0.3) is 0 Å². The van der Waals surface area contributed by atoms with Crippen LogP contribution in [0, 0.1) is 5.92 Å². The number of carbonyl (C=O) groups excluding carboxylic acids is 1. The Hall–Kier alpha value is -0.920. The molecule has 7 heteroatoms. The molecule has 0 radical (unpaired) electrons. The number of hydrogen-bond acceptors (Lipinski definition) is 5. The second kappa shape index (κ2) is 27.1. The van der Waals surface area contributed by atoms with E-state index in [1.54, 1.807) is 0 Å². The maximum Gasteiger partial charge on any atom is 0.323 e. The third kappa shape index (κ3) is 31.1. The van der Waals surface area contributed by atoms with Crippen LogP contribution in [0.5, 0.6) is 0 Å². The minimum Gasteiger partial charge on any atom is -0.465 e. The highest BCUT2D eigenvalue weighted by atomic mass is 32.2. The summed E-state index contributed by atoms with van der Waals surface area (Å²) in [6.45, 7) is 8.06. The molecule has 0 saturated heterocycles. The zero-order chi connectivity index (χ0) is 27.5. The minimum atomic E-state index is -3.66. The van der Waals surface area contributed by atoms with E-state index in [0.29, 0.717) is 6.61 Å². The van der Waals surface area contributed by atoms with Crippen molar-refractivity contribution in [1.82, 2.24) is 0 Å². The molecule has 216 valence electrons. The van der Waals surface area contributed by atoms with Crippen LogP contribution < -0.4 is 5.73 Å². The summed E-state index contributed by atoms with van der Waals surface area (Å²) in [6.07, 6.45) is 28.6. The Bertz CT molecular complexity index is 605. The molecular formula is C29H59NO5S. The van der Waals surface area contributed by atoms with Crippen molar-refractivity contribution in [3.8, 4) is 0 Å². The van der Waals surface area contributed by atoms with Crippen molar-refractivity contribution in [2.45, 2.75) is 149 Å². The summed E-state index contributed by atoms with van der Waals surface area (Å²) in [6, 6.07) is -0.480. The van der Waals surface area contributed by atoms with E-state index < -0.39 is 16.2 Å². The van der Waals surface area contributed by atoms with Gasteiger partial charge in [0.2, 0.25) is 0 Å². The fourth-order valence-electron chi connectivity index (χ4n) is 3.60. The monoisotopic (exact) mass is 533 g/mol. The van der Waals surface area contributed by atoms with E-state index in [1.165, 1.54) is 110 Å². The Labute approximate surface area is 224 Å². The normalized spacial score (nSPS) is 12.5. The third-order valence-electron chi connectivity index (χ3n) is 6.26. The van der Waals surface area contributed by atoms with Gasteiger partial charge in [0.05, 0.1) is 12.4 Å². The molecule has 0 aliphatic carbocycles. The Morgan fingerprint density at radius 2 is 1.11 bits per heavy atom. The van der Waals surface area contributed by atoms with Crippen molar-refractivity contribution >= 4 is 16.1 Å². The zero-order valence-corrected chi connectivity index (χ0v) is 24.8. The molecular weight excluding hydrogens is 474 g/mol. The smallest absolute Gasteiger partial charge is 0.323 e. The quantitative estimate of drug-likeness (QED) is 0.0596. The van der Waals surface area contributed by atoms with E-state index in [2.05, 4.69) is 19.1 Å². The molecule has 0 aromatic carbocycles. The van der Waals surface area contributed by atoms with E-state index >= 15 is 0 Å². The number of esters is 1. The first-order valence-electron chi connectivity index (χ1n) is 14.7. The van der Waals surface area contributed by atoms with Gasteiger partial charge in [0.15, 0.2) is 0 Å². The van der Waals surface area contributed by atoms with E-state index in [-0.39, 0.29) is 17.6 Å². The average molecular weight is 534 g/mol. The Morgan fingerprint density at radius 3 is 1.47 bits per heavy atom. The molecule has 0 aliphatic heterocycles. The van der Waals surface area contributed by atoms with Crippen molar-refractivity contribution in [2.75, 3.05) is 12.4 Å². The summed E-state index contributed by atoms with van der Waals surface area (Å²) < 4.78 is 32.1. The minimum absolute atomic E-state index is 0.142. The number of allylic oxidation sites excluding steroid dienone is 2. The lowest BCUT2D eigenvalue weighted by atomic mass is 10.1. The van der Waals surface area contributed by atoms with Crippen LogP contribution in [0.15, 0.2) is 12.2 Å². The summed E-state index contributed by atoms with van der Waals surface area (Å²) in [5.41, 5.74) is 5.77. The van der Waals surface area contributed by atoms with Crippen LogP contribution in [0.3, 0.4) is 0 Å². The molecule has 1 atom stereocenters. The maximum absolute atomic E-state index is 11.6. The fraction of sp³-hybridized carbons (Fsp3) is 0.897. The predicted octanol–water partition coefficient (Wildman–Crippen LogP) is 8.00. The second-order valence-electron chi connectivity index (χ2n) is 10.2. The van der Waals surface area contributed by atoms with Crippen LogP contribution in [0.2, 0.25) is 0 Å². The molecule has 0 unspecified atom stereocenters. The summed E-state index contributed by atoms with van der Waals surface area (Å²) in [7, 11) is -3.66. The highest BCUT2D eigenvalue weighted by molar-refractivity contribution is 7.85. The van der Waals surface area contributed by atoms with Gasteiger partial charge in [-0.15, -0.1) is 0 Å². The Balaban J connectivity index is 0. The molecule has 0 aromatic rings. The van der Waals surface area contributed by atoms with Crippen LogP contribution in [0.4, 0.5) is 0 Å². The van der Waals surface area contributed by atoms with Gasteiger partial charge in [-0.2, -0.15) is 8.42 Å². The lowest BCUT2D eigenvalue weighted by Crippen LogP contribution is -2.37. The Morgan fingerprint density at radius 1 is 0.750 bits per heavy atom. The van der Waals surface area contributed by atoms with Crippen molar-refractivity contribution in [2.24, 2.45) is 11.7 Å². The maximum atomic E-state index is 11.6. The standard InChI is InChI=1S/C27H53NO2.C2H6O3S/c1-4-5-6-7-8-9-10-11-12-13-14-15-16-17-18-19-20-21-22-23-24-30-27(29)26(28)25(2)3;1-2-6(3,4)5/h11-12,25-26H,4-10,13-24,28H2,1-3H3;2H2,1H3,(H,3,4,5)/b12-11+;/t26-;/m0./s1. The van der Waals surface area contributed by atoms with Gasteiger partial charge in [-0.25, -0.2) is 0 Å². The molecule has 3 N–H and O–H groups in total. The molecule has 0 fully saturated rings. The fourth-order valence-corrected chi connectivity index (χ4v) is 3.60. The first kappa shape index (κ1) is 37.2. The molecule has 0 aromatic heterocycles. The highest BCUT2D eigenvalue weighted by Crippen LogP contribution is 2.12. The lowest BCUT2D eigenvalue weighted by molar-refractivity contribution is -0.146. The van der Waals surface area contributed by atoms with Crippen molar-refractivity contribution in [3.05, 3.63) is 12.2 Å². The van der Waals surface area contributed by atoms with Crippen molar-refractivity contribution < 1.29 is 22.5 Å². The number of hydrogen-bond donors (Lipinski definition) is 2. The average Bonchev–Trinajstić information content (AvgIpc) is 2.84. The predicted molar refractivity (Wildman–Crippen MR) is 154 cm³/mol. The summed E-state index contributed by atoms with van der Waals surface area (Å²) in [5, 5.41) is 0. The van der Waals surface area contributed by atoms with E-state index in [0.717, 1.165) is 12.8 Å². The summed E-state index contributed by atoms with van der Waals surface area (Å²) >= 11 is 0. The van der Waals surface area contributed by atoms with Gasteiger partial charge in [-0.3, -0.25) is 9.35 Å². The zero-order valence-electron chi connectivity index (χ0n) is 24.0. The molecule has 0 saturated carbocycles. The molecule has 0 rings (SSSR count). The number of unbranched alkanes of at least 4 members (excludes halogenated alkanes) is 16. The van der Waals surface area contributed by atoms with E-state index in [1.807, 2.05) is 13.8 Å². The van der Waals surface area contributed by atoms with Crippen molar-refractivity contribution in [1.29, 1.82) is 0 Å². The van der Waals surface area contributed by atoms with Gasteiger partial charge in [0.1, 0.15) is 6.04 Å².